The zero-order valence-corrected chi connectivity index (χ0v) is 7.77. The number of pyridine rings is 1. The largest absolute Gasteiger partial charge is 0.478 e. The Morgan fingerprint density at radius 2 is 2.27 bits per heavy atom. The van der Waals surface area contributed by atoms with Crippen LogP contribution in [0, 0.1) is 12.3 Å². The third kappa shape index (κ3) is 1.53. The average molecular weight is 197 g/mol. The van der Waals surface area contributed by atoms with Crippen molar-refractivity contribution in [3.63, 3.8) is 0 Å². The molecule has 0 fully saturated rings. The molecule has 1 aromatic heterocycles. The Balaban J connectivity index is 2.76. The van der Waals surface area contributed by atoms with Gasteiger partial charge in [0, 0.05) is 11.6 Å². The van der Waals surface area contributed by atoms with Crippen LogP contribution in [0.2, 0.25) is 0 Å². The van der Waals surface area contributed by atoms with Crippen LogP contribution >= 0.6 is 0 Å². The lowest BCUT2D eigenvalue weighted by Crippen LogP contribution is -1.97. The molecule has 2 rings (SSSR count). The fraction of sp³-hybridized carbons (Fsp3) is 0. The number of carboxylic acid groups (broad SMARTS) is 1. The van der Waals surface area contributed by atoms with Crippen LogP contribution in [0.3, 0.4) is 0 Å². The van der Waals surface area contributed by atoms with E-state index in [-0.39, 0.29) is 5.56 Å². The van der Waals surface area contributed by atoms with E-state index >= 15 is 0 Å². The molecule has 2 aromatic rings. The summed E-state index contributed by atoms with van der Waals surface area (Å²) in [6, 6.07) is 6.90. The molecular weight excluding hydrogens is 190 g/mol. The second kappa shape index (κ2) is 3.43. The molecular formula is C12H7NO2. The highest BCUT2D eigenvalue weighted by Gasteiger charge is 2.05. The van der Waals surface area contributed by atoms with Crippen molar-refractivity contribution in [2.75, 3.05) is 0 Å². The average Bonchev–Trinajstić information content (AvgIpc) is 2.27. The van der Waals surface area contributed by atoms with Crippen molar-refractivity contribution >= 4 is 16.9 Å². The molecule has 0 aliphatic rings. The van der Waals surface area contributed by atoms with Gasteiger partial charge in [-0.1, -0.05) is 18.1 Å². The highest BCUT2D eigenvalue weighted by Crippen LogP contribution is 2.16. The maximum atomic E-state index is 10.7. The van der Waals surface area contributed by atoms with E-state index in [0.29, 0.717) is 11.1 Å². The van der Waals surface area contributed by atoms with E-state index in [1.807, 2.05) is 0 Å². The number of fused-ring (bicyclic) bond motifs is 1. The molecule has 72 valence electrons. The van der Waals surface area contributed by atoms with Crippen molar-refractivity contribution in [2.45, 2.75) is 0 Å². The molecule has 0 saturated carbocycles. The number of para-hydroxylation sites is 1. The molecule has 15 heavy (non-hydrogen) atoms. The summed E-state index contributed by atoms with van der Waals surface area (Å²) in [5, 5.41) is 9.53. The van der Waals surface area contributed by atoms with E-state index in [2.05, 4.69) is 10.9 Å². The first-order valence-electron chi connectivity index (χ1n) is 4.31. The predicted molar refractivity (Wildman–Crippen MR) is 56.6 cm³/mol. The standard InChI is InChI=1S/C12H7NO2/c1-2-8-4-3-5-9-6-10(12(14)15)7-13-11(8)9/h1,3-7H,(H,14,15). The fourth-order valence-corrected chi connectivity index (χ4v) is 1.39. The van der Waals surface area contributed by atoms with Crippen molar-refractivity contribution in [1.82, 2.24) is 4.98 Å². The summed E-state index contributed by atoms with van der Waals surface area (Å²) in [5.74, 6) is 1.52. The van der Waals surface area contributed by atoms with Gasteiger partial charge in [0.2, 0.25) is 0 Å². The van der Waals surface area contributed by atoms with Gasteiger partial charge in [0.25, 0.3) is 0 Å². The molecule has 0 atom stereocenters. The van der Waals surface area contributed by atoms with Crippen molar-refractivity contribution < 1.29 is 9.90 Å². The second-order valence-electron chi connectivity index (χ2n) is 3.05. The second-order valence-corrected chi connectivity index (χ2v) is 3.05. The molecule has 1 heterocycles. The first-order chi connectivity index (χ1) is 7.22. The number of carboxylic acids is 1. The Bertz CT molecular complexity index is 582. The summed E-state index contributed by atoms with van der Waals surface area (Å²) in [5.41, 5.74) is 1.49. The van der Waals surface area contributed by atoms with Crippen LogP contribution in [0.1, 0.15) is 15.9 Å². The first kappa shape index (κ1) is 9.22. The number of terminal acetylenes is 1. The highest BCUT2D eigenvalue weighted by molar-refractivity contribution is 5.93. The van der Waals surface area contributed by atoms with E-state index < -0.39 is 5.97 Å². The number of rotatable bonds is 1. The monoisotopic (exact) mass is 197 g/mol. The molecule has 0 unspecified atom stereocenters. The summed E-state index contributed by atoms with van der Waals surface area (Å²) >= 11 is 0. The van der Waals surface area contributed by atoms with Gasteiger partial charge in [-0.15, -0.1) is 6.42 Å². The van der Waals surface area contributed by atoms with E-state index in [0.717, 1.165) is 5.39 Å². The number of aromatic carboxylic acids is 1. The molecule has 0 aliphatic carbocycles. The third-order valence-corrected chi connectivity index (χ3v) is 2.11. The van der Waals surface area contributed by atoms with Crippen LogP contribution in [0.5, 0.6) is 0 Å². The molecule has 3 nitrogen and oxygen atoms in total. The minimum absolute atomic E-state index is 0.164. The van der Waals surface area contributed by atoms with E-state index in [1.54, 1.807) is 24.3 Å². The highest BCUT2D eigenvalue weighted by atomic mass is 16.4. The minimum atomic E-state index is -0.990. The van der Waals surface area contributed by atoms with E-state index in [9.17, 15) is 4.79 Å². The molecule has 0 radical (unpaired) electrons. The quantitative estimate of drug-likeness (QED) is 0.710. The number of aromatic nitrogens is 1. The Morgan fingerprint density at radius 1 is 1.47 bits per heavy atom. The van der Waals surface area contributed by atoms with Gasteiger partial charge in [-0.3, -0.25) is 4.98 Å². The predicted octanol–water partition coefficient (Wildman–Crippen LogP) is 1.91. The summed E-state index contributed by atoms with van der Waals surface area (Å²) < 4.78 is 0. The molecule has 1 N–H and O–H groups in total. The molecule has 0 aliphatic heterocycles. The zero-order chi connectivity index (χ0) is 10.8. The van der Waals surface area contributed by atoms with E-state index in [4.69, 9.17) is 11.5 Å². The van der Waals surface area contributed by atoms with Gasteiger partial charge in [0.05, 0.1) is 16.6 Å². The van der Waals surface area contributed by atoms with Gasteiger partial charge in [-0.05, 0) is 12.1 Å². The molecule has 0 saturated heterocycles. The molecule has 0 spiro atoms. The Morgan fingerprint density at radius 3 is 2.93 bits per heavy atom. The normalized spacial score (nSPS) is 9.80. The van der Waals surface area contributed by atoms with Crippen molar-refractivity contribution in [2.24, 2.45) is 0 Å². The van der Waals surface area contributed by atoms with Crippen molar-refractivity contribution in [3.8, 4) is 12.3 Å². The maximum Gasteiger partial charge on any atom is 0.337 e. The Hall–Kier alpha value is -2.34. The molecule has 0 amide bonds. The fourth-order valence-electron chi connectivity index (χ4n) is 1.39. The first-order valence-corrected chi connectivity index (χ1v) is 4.31. The zero-order valence-electron chi connectivity index (χ0n) is 7.77. The maximum absolute atomic E-state index is 10.7. The SMILES string of the molecule is C#Cc1cccc2cc(C(=O)O)cnc12. The van der Waals surface area contributed by atoms with Gasteiger partial charge in [-0.25, -0.2) is 4.79 Å². The molecule has 3 heteroatoms. The minimum Gasteiger partial charge on any atom is -0.478 e. The third-order valence-electron chi connectivity index (χ3n) is 2.11. The van der Waals surface area contributed by atoms with Crippen LogP contribution in [0.25, 0.3) is 10.9 Å². The van der Waals surface area contributed by atoms with E-state index in [1.165, 1.54) is 6.20 Å². The summed E-state index contributed by atoms with van der Waals surface area (Å²) in [4.78, 5) is 14.8. The lowest BCUT2D eigenvalue weighted by Gasteiger charge is -2.00. The van der Waals surface area contributed by atoms with Crippen LogP contribution in [0.15, 0.2) is 30.5 Å². The van der Waals surface area contributed by atoms with Gasteiger partial charge in [0.1, 0.15) is 0 Å². The summed E-state index contributed by atoms with van der Waals surface area (Å²) in [7, 11) is 0. The lowest BCUT2D eigenvalue weighted by molar-refractivity contribution is 0.0696. The van der Waals surface area contributed by atoms with Crippen molar-refractivity contribution in [1.29, 1.82) is 0 Å². The van der Waals surface area contributed by atoms with Crippen LogP contribution in [-0.2, 0) is 0 Å². The van der Waals surface area contributed by atoms with Gasteiger partial charge >= 0.3 is 5.97 Å². The molecule has 1 aromatic carbocycles. The number of nitrogens with zero attached hydrogens (tertiary/aromatic N) is 1. The Kier molecular flexibility index (Phi) is 2.11. The molecule has 0 bridgehead atoms. The van der Waals surface area contributed by atoms with Gasteiger partial charge in [0.15, 0.2) is 0 Å². The summed E-state index contributed by atoms with van der Waals surface area (Å²) in [6.45, 7) is 0. The van der Waals surface area contributed by atoms with Crippen LogP contribution in [-0.4, -0.2) is 16.1 Å². The van der Waals surface area contributed by atoms with Crippen LogP contribution in [0.4, 0.5) is 0 Å². The number of hydrogen-bond acceptors (Lipinski definition) is 2. The van der Waals surface area contributed by atoms with Gasteiger partial charge < -0.3 is 5.11 Å². The van der Waals surface area contributed by atoms with Gasteiger partial charge in [-0.2, -0.15) is 0 Å². The Labute approximate surface area is 86.4 Å². The van der Waals surface area contributed by atoms with Crippen molar-refractivity contribution in [3.05, 3.63) is 41.6 Å². The topological polar surface area (TPSA) is 50.2 Å². The lowest BCUT2D eigenvalue weighted by atomic mass is 10.1. The number of benzene rings is 1. The van der Waals surface area contributed by atoms with Crippen LogP contribution < -0.4 is 0 Å². The smallest absolute Gasteiger partial charge is 0.337 e. The summed E-state index contributed by atoms with van der Waals surface area (Å²) in [6.07, 6.45) is 6.62. The number of hydrogen-bond donors (Lipinski definition) is 1. The number of carbonyl (C=O) groups is 1.